The van der Waals surface area contributed by atoms with Gasteiger partial charge >= 0.3 is 0 Å². The molecule has 0 atom stereocenters. The second kappa shape index (κ2) is 8.31. The summed E-state index contributed by atoms with van der Waals surface area (Å²) in [4.78, 5) is 14.2. The van der Waals surface area contributed by atoms with Gasteiger partial charge in [0.2, 0.25) is 5.91 Å². The molecule has 0 aliphatic carbocycles. The highest BCUT2D eigenvalue weighted by molar-refractivity contribution is 5.85. The monoisotopic (exact) mass is 397 g/mol. The van der Waals surface area contributed by atoms with E-state index < -0.39 is 11.6 Å². The second-order valence-corrected chi connectivity index (χ2v) is 6.85. The van der Waals surface area contributed by atoms with Crippen LogP contribution in [0.2, 0.25) is 0 Å². The molecule has 27 heavy (non-hydrogen) atoms. The van der Waals surface area contributed by atoms with Crippen molar-refractivity contribution < 1.29 is 13.6 Å². The summed E-state index contributed by atoms with van der Waals surface area (Å²) in [5.74, 6) is 0.236. The van der Waals surface area contributed by atoms with E-state index in [9.17, 15) is 13.6 Å². The van der Waals surface area contributed by atoms with Crippen molar-refractivity contribution >= 4 is 18.3 Å². The van der Waals surface area contributed by atoms with E-state index in [0.717, 1.165) is 50.2 Å². The van der Waals surface area contributed by atoms with Gasteiger partial charge in [0.15, 0.2) is 11.6 Å². The molecule has 1 saturated heterocycles. The Hall–Kier alpha value is -2.06. The van der Waals surface area contributed by atoms with Crippen LogP contribution in [-0.2, 0) is 24.3 Å². The SMILES string of the molecule is Cl.O=C(Cc1cccc(F)c1F)N1CCC(c2nnc3n2CCNC3)CC1. The van der Waals surface area contributed by atoms with E-state index in [-0.39, 0.29) is 36.2 Å². The number of carbonyl (C=O) groups excluding carboxylic acids is 1. The highest BCUT2D eigenvalue weighted by atomic mass is 35.5. The highest BCUT2D eigenvalue weighted by Gasteiger charge is 2.29. The first-order valence-electron chi connectivity index (χ1n) is 8.97. The summed E-state index contributed by atoms with van der Waals surface area (Å²) in [6.07, 6.45) is 1.51. The Bertz CT molecular complexity index is 820. The van der Waals surface area contributed by atoms with Gasteiger partial charge in [0.05, 0.1) is 13.0 Å². The third-order valence-corrected chi connectivity index (χ3v) is 5.24. The lowest BCUT2D eigenvalue weighted by atomic mass is 9.95. The van der Waals surface area contributed by atoms with Crippen molar-refractivity contribution in [2.45, 2.75) is 38.3 Å². The molecule has 1 aromatic carbocycles. The molecule has 0 bridgehead atoms. The summed E-state index contributed by atoms with van der Waals surface area (Å²) < 4.78 is 29.2. The lowest BCUT2D eigenvalue weighted by Crippen LogP contribution is -2.39. The Morgan fingerprint density at radius 2 is 1.96 bits per heavy atom. The molecule has 3 heterocycles. The minimum atomic E-state index is -0.931. The van der Waals surface area contributed by atoms with Gasteiger partial charge in [0, 0.05) is 37.7 Å². The molecule has 1 N–H and O–H groups in total. The van der Waals surface area contributed by atoms with E-state index in [1.165, 1.54) is 12.1 Å². The molecule has 2 aliphatic heterocycles. The Balaban J connectivity index is 0.00000210. The number of hydrogen-bond acceptors (Lipinski definition) is 4. The van der Waals surface area contributed by atoms with Gasteiger partial charge in [-0.05, 0) is 18.9 Å². The van der Waals surface area contributed by atoms with Crippen molar-refractivity contribution in [3.05, 3.63) is 47.0 Å². The minimum Gasteiger partial charge on any atom is -0.342 e. The molecule has 9 heteroatoms. The number of piperidine rings is 1. The quantitative estimate of drug-likeness (QED) is 0.860. The zero-order valence-corrected chi connectivity index (χ0v) is 15.6. The number of fused-ring (bicyclic) bond motifs is 1. The van der Waals surface area contributed by atoms with E-state index in [1.807, 2.05) is 0 Å². The van der Waals surface area contributed by atoms with Crippen LogP contribution in [0, 0.1) is 11.6 Å². The van der Waals surface area contributed by atoms with Crippen LogP contribution >= 0.6 is 12.4 Å². The van der Waals surface area contributed by atoms with Crippen molar-refractivity contribution in [2.24, 2.45) is 0 Å². The largest absolute Gasteiger partial charge is 0.342 e. The maximum atomic E-state index is 13.8. The number of likely N-dealkylation sites (tertiary alicyclic amines) is 1. The van der Waals surface area contributed by atoms with Crippen LogP contribution in [0.3, 0.4) is 0 Å². The Labute approximate surface area is 162 Å². The molecule has 0 radical (unpaired) electrons. The Kier molecular flexibility index (Phi) is 6.06. The van der Waals surface area contributed by atoms with Gasteiger partial charge in [-0.1, -0.05) is 12.1 Å². The molecule has 4 rings (SSSR count). The van der Waals surface area contributed by atoms with Gasteiger partial charge < -0.3 is 14.8 Å². The first kappa shape index (κ1) is 19.7. The zero-order chi connectivity index (χ0) is 18.1. The predicted molar refractivity (Wildman–Crippen MR) is 97.6 cm³/mol. The number of carbonyl (C=O) groups is 1. The second-order valence-electron chi connectivity index (χ2n) is 6.85. The molecular formula is C18H22ClF2N5O. The fourth-order valence-corrected chi connectivity index (χ4v) is 3.76. The van der Waals surface area contributed by atoms with Crippen LogP contribution in [-0.4, -0.2) is 45.2 Å². The first-order chi connectivity index (χ1) is 12.6. The van der Waals surface area contributed by atoms with Crippen LogP contribution in [0.5, 0.6) is 0 Å². The van der Waals surface area contributed by atoms with Gasteiger partial charge in [-0.25, -0.2) is 8.78 Å². The molecule has 0 unspecified atom stereocenters. The maximum absolute atomic E-state index is 13.8. The summed E-state index contributed by atoms with van der Waals surface area (Å²) in [5.41, 5.74) is 0.108. The lowest BCUT2D eigenvalue weighted by molar-refractivity contribution is -0.131. The van der Waals surface area contributed by atoms with Crippen LogP contribution < -0.4 is 5.32 Å². The number of halogens is 3. The van der Waals surface area contributed by atoms with Crippen molar-refractivity contribution in [3.8, 4) is 0 Å². The molecule has 2 aliphatic rings. The van der Waals surface area contributed by atoms with Crippen molar-refractivity contribution in [3.63, 3.8) is 0 Å². The van der Waals surface area contributed by atoms with Gasteiger partial charge in [-0.15, -0.1) is 22.6 Å². The fourth-order valence-electron chi connectivity index (χ4n) is 3.76. The summed E-state index contributed by atoms with van der Waals surface area (Å²) in [6, 6.07) is 3.94. The topological polar surface area (TPSA) is 63.1 Å². The molecule has 0 spiro atoms. The first-order valence-corrected chi connectivity index (χ1v) is 8.97. The van der Waals surface area contributed by atoms with E-state index in [2.05, 4.69) is 20.1 Å². The number of nitrogens with one attached hydrogen (secondary N) is 1. The molecular weight excluding hydrogens is 376 g/mol. The van der Waals surface area contributed by atoms with Crippen molar-refractivity contribution in [1.29, 1.82) is 0 Å². The Morgan fingerprint density at radius 3 is 2.74 bits per heavy atom. The Morgan fingerprint density at radius 1 is 1.19 bits per heavy atom. The molecule has 1 amide bonds. The molecule has 1 fully saturated rings. The normalized spacial score (nSPS) is 17.3. The maximum Gasteiger partial charge on any atom is 0.227 e. The third-order valence-electron chi connectivity index (χ3n) is 5.24. The average molecular weight is 398 g/mol. The number of nitrogens with zero attached hydrogens (tertiary/aromatic N) is 4. The molecule has 2 aromatic rings. The molecule has 0 saturated carbocycles. The van der Waals surface area contributed by atoms with Crippen molar-refractivity contribution in [2.75, 3.05) is 19.6 Å². The minimum absolute atomic E-state index is 0. The number of aromatic nitrogens is 3. The van der Waals surface area contributed by atoms with Gasteiger partial charge in [-0.2, -0.15) is 0 Å². The molecule has 6 nitrogen and oxygen atoms in total. The fraction of sp³-hybridized carbons (Fsp3) is 0.500. The molecule has 1 aromatic heterocycles. The smallest absolute Gasteiger partial charge is 0.227 e. The zero-order valence-electron chi connectivity index (χ0n) is 14.8. The number of benzene rings is 1. The van der Waals surface area contributed by atoms with E-state index >= 15 is 0 Å². The van der Waals surface area contributed by atoms with Crippen LogP contribution in [0.1, 0.15) is 36.0 Å². The van der Waals surface area contributed by atoms with Gasteiger partial charge in [0.1, 0.15) is 11.6 Å². The standard InChI is InChI=1S/C18H21F2N5O.ClH/c19-14-3-1-2-13(17(14)20)10-16(26)24-7-4-12(5-8-24)18-23-22-15-11-21-6-9-25(15)18;/h1-3,12,21H,4-11H2;1H. The number of hydrogen-bond donors (Lipinski definition) is 1. The predicted octanol–water partition coefficient (Wildman–Crippen LogP) is 2.03. The lowest BCUT2D eigenvalue weighted by Gasteiger charge is -2.32. The molecule has 146 valence electrons. The summed E-state index contributed by atoms with van der Waals surface area (Å²) in [5, 5.41) is 11.9. The van der Waals surface area contributed by atoms with Gasteiger partial charge in [0.25, 0.3) is 0 Å². The summed E-state index contributed by atoms with van der Waals surface area (Å²) in [7, 11) is 0. The van der Waals surface area contributed by atoms with Crippen LogP contribution in [0.4, 0.5) is 8.78 Å². The van der Waals surface area contributed by atoms with E-state index in [1.54, 1.807) is 4.90 Å². The summed E-state index contributed by atoms with van der Waals surface area (Å²) in [6.45, 7) is 3.72. The van der Waals surface area contributed by atoms with Crippen molar-refractivity contribution in [1.82, 2.24) is 25.0 Å². The number of amides is 1. The van der Waals surface area contributed by atoms with Crippen LogP contribution in [0.15, 0.2) is 18.2 Å². The average Bonchev–Trinajstić information content (AvgIpc) is 3.10. The third kappa shape index (κ3) is 3.96. The van der Waals surface area contributed by atoms with E-state index in [0.29, 0.717) is 13.1 Å². The summed E-state index contributed by atoms with van der Waals surface area (Å²) >= 11 is 0. The van der Waals surface area contributed by atoms with Gasteiger partial charge in [-0.3, -0.25) is 4.79 Å². The van der Waals surface area contributed by atoms with Crippen LogP contribution in [0.25, 0.3) is 0 Å². The van der Waals surface area contributed by atoms with E-state index in [4.69, 9.17) is 0 Å². The number of rotatable bonds is 3. The highest BCUT2D eigenvalue weighted by Crippen LogP contribution is 2.28.